The Kier molecular flexibility index (Phi) is 7.25. The Morgan fingerprint density at radius 3 is 2.49 bits per heavy atom. The molecule has 5 aliphatic rings. The van der Waals surface area contributed by atoms with Crippen molar-refractivity contribution in [2.45, 2.75) is 93.7 Å². The molecule has 5 heterocycles. The van der Waals surface area contributed by atoms with Gasteiger partial charge in [-0.05, 0) is 97.5 Å². The fourth-order valence-corrected chi connectivity index (χ4v) is 10.7. The molecule has 8 nitrogen and oxygen atoms in total. The standard InChI is InChI=1S/C42H42N2O6S/c1-41(2)37-29-23-27(51(47,48)49)15-12-26(29)14-16-32(37)43-21-18-34-30(39(41)43)24-31-35(50-34)19-22-44-33-17-13-25-9-6-7-10-28(25)38(33)42(3,40(31)44)20-8-4-5-11-36(45)46/h6-7,9-10,12-17,23-24,34-35H,4-5,8,11,18-22H2,1-3H3,(H-,45,46,47,48,49)/p+1. The van der Waals surface area contributed by atoms with Crippen LogP contribution in [0, 0.1) is 0 Å². The lowest BCUT2D eigenvalue weighted by atomic mass is 9.71. The molecule has 0 bridgehead atoms. The topological polar surface area (TPSA) is 107 Å². The van der Waals surface area contributed by atoms with Gasteiger partial charge in [-0.3, -0.25) is 9.35 Å². The minimum absolute atomic E-state index is 0.0194. The molecule has 4 aromatic rings. The second-order valence-corrected chi connectivity index (χ2v) is 17.1. The molecule has 4 aromatic carbocycles. The van der Waals surface area contributed by atoms with Gasteiger partial charge < -0.3 is 14.7 Å². The van der Waals surface area contributed by atoms with Gasteiger partial charge in [0.15, 0.2) is 12.3 Å². The van der Waals surface area contributed by atoms with Crippen LogP contribution in [0.3, 0.4) is 0 Å². The van der Waals surface area contributed by atoms with E-state index in [-0.39, 0.29) is 28.9 Å². The second kappa shape index (κ2) is 11.3. The highest BCUT2D eigenvalue weighted by atomic mass is 32.2. The number of fused-ring (bicyclic) bond motifs is 12. The lowest BCUT2D eigenvalue weighted by Crippen LogP contribution is -2.47. The number of aliphatic carboxylic acids is 1. The molecule has 51 heavy (non-hydrogen) atoms. The molecule has 0 fully saturated rings. The Bertz CT molecular complexity index is 2410. The zero-order valence-electron chi connectivity index (χ0n) is 29.3. The molecule has 0 saturated heterocycles. The van der Waals surface area contributed by atoms with Gasteiger partial charge in [0.25, 0.3) is 10.1 Å². The minimum atomic E-state index is -4.37. The van der Waals surface area contributed by atoms with Crippen molar-refractivity contribution in [1.29, 1.82) is 0 Å². The Balaban J connectivity index is 1.21. The van der Waals surface area contributed by atoms with Crippen molar-refractivity contribution in [3.05, 3.63) is 101 Å². The average Bonchev–Trinajstić information content (AvgIpc) is 3.51. The third-order valence-corrected chi connectivity index (χ3v) is 13.1. The predicted molar refractivity (Wildman–Crippen MR) is 199 cm³/mol. The van der Waals surface area contributed by atoms with Gasteiger partial charge in [-0.15, -0.1) is 0 Å². The van der Waals surface area contributed by atoms with E-state index in [0.717, 1.165) is 67.2 Å². The first-order valence-electron chi connectivity index (χ1n) is 18.2. The van der Waals surface area contributed by atoms with Gasteiger partial charge >= 0.3 is 5.97 Å². The zero-order valence-corrected chi connectivity index (χ0v) is 30.1. The highest BCUT2D eigenvalue weighted by Crippen LogP contribution is 2.58. The monoisotopic (exact) mass is 703 g/mol. The number of carboxylic acid groups (broad SMARTS) is 1. The number of unbranched alkanes of at least 4 members (excludes halogenated alkanes) is 2. The van der Waals surface area contributed by atoms with E-state index in [4.69, 9.17) is 4.74 Å². The number of hydrogen-bond acceptors (Lipinski definition) is 5. The Morgan fingerprint density at radius 2 is 1.69 bits per heavy atom. The van der Waals surface area contributed by atoms with E-state index in [2.05, 4.69) is 78.8 Å². The molecule has 0 aliphatic carbocycles. The first-order chi connectivity index (χ1) is 24.4. The molecule has 0 amide bonds. The number of allylic oxidation sites excluding steroid dienone is 1. The quantitative estimate of drug-likeness (QED) is 0.114. The molecule has 262 valence electrons. The van der Waals surface area contributed by atoms with Gasteiger partial charge in [-0.1, -0.05) is 49.2 Å². The van der Waals surface area contributed by atoms with E-state index in [1.807, 2.05) is 6.07 Å². The molecule has 0 aromatic heterocycles. The molecule has 3 atom stereocenters. The molecule has 3 unspecified atom stereocenters. The molecule has 0 radical (unpaired) electrons. The van der Waals surface area contributed by atoms with Crippen molar-refractivity contribution in [2.24, 2.45) is 0 Å². The highest BCUT2D eigenvalue weighted by Gasteiger charge is 2.55. The third kappa shape index (κ3) is 4.81. The first kappa shape index (κ1) is 32.6. The molecular formula is C42H43N2O6S+. The summed E-state index contributed by atoms with van der Waals surface area (Å²) >= 11 is 0. The normalized spacial score (nSPS) is 24.5. The number of carbonyl (C=O) groups is 1. The van der Waals surface area contributed by atoms with E-state index in [1.165, 1.54) is 50.6 Å². The number of carboxylic acids is 1. The summed E-state index contributed by atoms with van der Waals surface area (Å²) in [6.07, 6.45) is 7.68. The maximum absolute atomic E-state index is 12.2. The van der Waals surface area contributed by atoms with Gasteiger partial charge in [0.2, 0.25) is 5.69 Å². The molecular weight excluding hydrogens is 661 g/mol. The molecule has 9 rings (SSSR count). The molecule has 0 saturated carbocycles. The molecule has 0 spiro atoms. The highest BCUT2D eigenvalue weighted by molar-refractivity contribution is 7.85. The first-order valence-corrected chi connectivity index (χ1v) is 19.7. The number of rotatable bonds is 7. The molecule has 5 aliphatic heterocycles. The molecule has 9 heteroatoms. The molecule has 2 N–H and O–H groups in total. The minimum Gasteiger partial charge on any atom is -0.481 e. The van der Waals surface area contributed by atoms with Crippen molar-refractivity contribution in [2.75, 3.05) is 18.0 Å². The lowest BCUT2D eigenvalue weighted by Gasteiger charge is -2.43. The van der Waals surface area contributed by atoms with E-state index >= 15 is 0 Å². The van der Waals surface area contributed by atoms with Crippen LogP contribution in [0.4, 0.5) is 11.4 Å². The maximum atomic E-state index is 12.2. The van der Waals surface area contributed by atoms with Crippen LogP contribution in [0.1, 0.15) is 76.8 Å². The Hall–Kier alpha value is -4.31. The lowest BCUT2D eigenvalue weighted by molar-refractivity contribution is -0.445. The summed E-state index contributed by atoms with van der Waals surface area (Å²) in [4.78, 5) is 13.7. The van der Waals surface area contributed by atoms with Gasteiger partial charge in [0, 0.05) is 59.0 Å². The maximum Gasteiger partial charge on any atom is 0.303 e. The van der Waals surface area contributed by atoms with Crippen molar-refractivity contribution < 1.29 is 32.2 Å². The van der Waals surface area contributed by atoms with E-state index in [0.29, 0.717) is 6.42 Å². The van der Waals surface area contributed by atoms with E-state index < -0.39 is 21.5 Å². The van der Waals surface area contributed by atoms with Crippen LogP contribution in [0.2, 0.25) is 0 Å². The summed E-state index contributed by atoms with van der Waals surface area (Å²) in [6.45, 7) is 8.51. The summed E-state index contributed by atoms with van der Waals surface area (Å²) < 4.78 is 43.9. The smallest absolute Gasteiger partial charge is 0.303 e. The SMILES string of the molecule is CC1(C)C2=[N+](CCC3OC4CCN5C(=C4C=C23)C(C)(CCCCCC(=O)O)c2c5ccc3ccccc23)c2ccc3ccc(S(=O)(=O)O)cc3c21. The van der Waals surface area contributed by atoms with Crippen molar-refractivity contribution in [3.8, 4) is 0 Å². The predicted octanol–water partition coefficient (Wildman–Crippen LogP) is 8.18. The van der Waals surface area contributed by atoms with Crippen LogP contribution in [0.15, 0.2) is 94.5 Å². The Morgan fingerprint density at radius 1 is 0.922 bits per heavy atom. The zero-order chi connectivity index (χ0) is 35.4. The van der Waals surface area contributed by atoms with Gasteiger partial charge in [-0.2, -0.15) is 13.0 Å². The van der Waals surface area contributed by atoms with Crippen LogP contribution >= 0.6 is 0 Å². The summed E-state index contributed by atoms with van der Waals surface area (Å²) in [5, 5.41) is 13.5. The van der Waals surface area contributed by atoms with Crippen LogP contribution in [-0.2, 0) is 30.5 Å². The number of anilines is 1. The number of hydrogen-bond donors (Lipinski definition) is 2. The summed E-state index contributed by atoms with van der Waals surface area (Å²) in [7, 11) is -4.37. The number of benzene rings is 4. The van der Waals surface area contributed by atoms with Crippen molar-refractivity contribution >= 4 is 54.7 Å². The van der Waals surface area contributed by atoms with Crippen LogP contribution < -0.4 is 4.90 Å². The Labute approximate surface area is 298 Å². The van der Waals surface area contributed by atoms with Gasteiger partial charge in [0.05, 0.1) is 22.5 Å². The number of ether oxygens (including phenoxy) is 1. The van der Waals surface area contributed by atoms with Crippen molar-refractivity contribution in [1.82, 2.24) is 0 Å². The summed E-state index contributed by atoms with van der Waals surface area (Å²) in [5.74, 6) is -0.743. The van der Waals surface area contributed by atoms with E-state index in [9.17, 15) is 22.9 Å². The summed E-state index contributed by atoms with van der Waals surface area (Å²) in [5.41, 5.74) is 8.93. The fraction of sp³-hybridized carbons (Fsp3) is 0.381. The summed E-state index contributed by atoms with van der Waals surface area (Å²) in [6, 6.07) is 22.2. The number of nitrogens with zero attached hydrogens (tertiary/aromatic N) is 2. The van der Waals surface area contributed by atoms with Crippen LogP contribution in [-0.4, -0.2) is 59.6 Å². The van der Waals surface area contributed by atoms with Gasteiger partial charge in [0.1, 0.15) is 0 Å². The average molecular weight is 704 g/mol. The van der Waals surface area contributed by atoms with Crippen LogP contribution in [0.5, 0.6) is 0 Å². The fourth-order valence-electron chi connectivity index (χ4n) is 10.2. The van der Waals surface area contributed by atoms with Crippen LogP contribution in [0.25, 0.3) is 21.5 Å². The van der Waals surface area contributed by atoms with Crippen molar-refractivity contribution in [3.63, 3.8) is 0 Å². The van der Waals surface area contributed by atoms with E-state index in [1.54, 1.807) is 12.1 Å². The third-order valence-electron chi connectivity index (χ3n) is 12.3. The largest absolute Gasteiger partial charge is 0.481 e. The van der Waals surface area contributed by atoms with Gasteiger partial charge in [-0.25, -0.2) is 0 Å². The second-order valence-electron chi connectivity index (χ2n) is 15.7.